The first kappa shape index (κ1) is 23.2. The number of Topliss-reactive ketones (excluding diaryl/α,β-unsaturated/α-hetero) is 1. The maximum absolute atomic E-state index is 12.5. The van der Waals surface area contributed by atoms with Crippen LogP contribution < -0.4 is 5.32 Å². The molecule has 7 heteroatoms. The zero-order valence-electron chi connectivity index (χ0n) is 18.6. The highest BCUT2D eigenvalue weighted by Gasteiger charge is 2.23. The number of anilines is 1. The molecule has 1 aromatic carbocycles. The minimum atomic E-state index is -0.0345. The SMILES string of the molecule is CCc1ccccc1NC(=O)CN1CCN(C(=O)CCC(=O)c2cc(C)sc2C)CC1. The largest absolute Gasteiger partial charge is 0.340 e. The van der Waals surface area contributed by atoms with Crippen molar-refractivity contribution in [2.24, 2.45) is 0 Å². The third-order valence-corrected chi connectivity index (χ3v) is 6.64. The van der Waals surface area contributed by atoms with Crippen LogP contribution in [-0.4, -0.2) is 60.1 Å². The maximum Gasteiger partial charge on any atom is 0.238 e. The van der Waals surface area contributed by atoms with Crippen molar-refractivity contribution in [3.05, 3.63) is 51.2 Å². The second-order valence-corrected chi connectivity index (χ2v) is 9.43. The zero-order valence-corrected chi connectivity index (χ0v) is 19.4. The molecule has 0 aliphatic carbocycles. The summed E-state index contributed by atoms with van der Waals surface area (Å²) in [4.78, 5) is 43.4. The van der Waals surface area contributed by atoms with Gasteiger partial charge in [-0.2, -0.15) is 0 Å². The Morgan fingerprint density at radius 3 is 2.39 bits per heavy atom. The lowest BCUT2D eigenvalue weighted by Gasteiger charge is -2.34. The first-order valence-electron chi connectivity index (χ1n) is 10.9. The van der Waals surface area contributed by atoms with Crippen LogP contribution in [0.4, 0.5) is 5.69 Å². The van der Waals surface area contributed by atoms with Crippen molar-refractivity contribution in [1.29, 1.82) is 0 Å². The van der Waals surface area contributed by atoms with Gasteiger partial charge in [0.2, 0.25) is 11.8 Å². The van der Waals surface area contributed by atoms with E-state index in [2.05, 4.69) is 17.1 Å². The Kier molecular flexibility index (Phi) is 7.98. The van der Waals surface area contributed by atoms with Gasteiger partial charge in [0.25, 0.3) is 0 Å². The highest BCUT2D eigenvalue weighted by atomic mass is 32.1. The number of hydrogen-bond acceptors (Lipinski definition) is 5. The summed E-state index contributed by atoms with van der Waals surface area (Å²) in [5, 5.41) is 3.00. The third kappa shape index (κ3) is 6.24. The number of thiophene rings is 1. The number of rotatable bonds is 8. The van der Waals surface area contributed by atoms with E-state index in [1.165, 1.54) is 0 Å². The fourth-order valence-corrected chi connectivity index (χ4v) is 4.86. The Balaban J connectivity index is 1.41. The molecule has 2 amide bonds. The highest BCUT2D eigenvalue weighted by Crippen LogP contribution is 2.22. The third-order valence-electron chi connectivity index (χ3n) is 5.67. The lowest BCUT2D eigenvalue weighted by Crippen LogP contribution is -2.50. The molecule has 1 aromatic heterocycles. The molecule has 1 N–H and O–H groups in total. The summed E-state index contributed by atoms with van der Waals surface area (Å²) >= 11 is 1.61. The van der Waals surface area contributed by atoms with Crippen molar-refractivity contribution in [2.45, 2.75) is 40.0 Å². The number of aryl methyl sites for hydroxylation is 3. The van der Waals surface area contributed by atoms with Gasteiger partial charge in [0.05, 0.1) is 6.54 Å². The number of benzene rings is 1. The van der Waals surface area contributed by atoms with E-state index >= 15 is 0 Å². The first-order chi connectivity index (χ1) is 14.9. The number of ketones is 1. The molecule has 3 rings (SSSR count). The van der Waals surface area contributed by atoms with Gasteiger partial charge in [-0.05, 0) is 38.0 Å². The minimum absolute atomic E-state index is 0.0129. The smallest absolute Gasteiger partial charge is 0.238 e. The molecule has 0 unspecified atom stereocenters. The molecule has 0 saturated carbocycles. The standard InChI is InChI=1S/C24H31N3O3S/c1-4-19-7-5-6-8-21(19)25-23(29)16-26-11-13-27(14-12-26)24(30)10-9-22(28)20-15-17(2)31-18(20)3/h5-8,15H,4,9-14,16H2,1-3H3,(H,25,29). The predicted molar refractivity (Wildman–Crippen MR) is 125 cm³/mol. The summed E-state index contributed by atoms with van der Waals surface area (Å²) in [6.07, 6.45) is 1.35. The molecule has 0 spiro atoms. The van der Waals surface area contributed by atoms with E-state index in [9.17, 15) is 14.4 Å². The molecule has 0 bridgehead atoms. The van der Waals surface area contributed by atoms with Crippen molar-refractivity contribution in [3.8, 4) is 0 Å². The molecule has 1 aliphatic heterocycles. The number of nitrogens with zero attached hydrogens (tertiary/aromatic N) is 2. The van der Waals surface area contributed by atoms with Gasteiger partial charge in [-0.1, -0.05) is 25.1 Å². The topological polar surface area (TPSA) is 69.7 Å². The highest BCUT2D eigenvalue weighted by molar-refractivity contribution is 7.12. The number of piperazine rings is 1. The summed E-state index contributed by atoms with van der Waals surface area (Å²) in [5.74, 6) is 0.0181. The Morgan fingerprint density at radius 2 is 1.74 bits per heavy atom. The fourth-order valence-electron chi connectivity index (χ4n) is 3.92. The molecular weight excluding hydrogens is 410 g/mol. The van der Waals surface area contributed by atoms with Crippen molar-refractivity contribution in [2.75, 3.05) is 38.0 Å². The fraction of sp³-hybridized carbons (Fsp3) is 0.458. The zero-order chi connectivity index (χ0) is 22.4. The van der Waals surface area contributed by atoms with Crippen molar-refractivity contribution in [3.63, 3.8) is 0 Å². The normalized spacial score (nSPS) is 14.5. The van der Waals surface area contributed by atoms with E-state index < -0.39 is 0 Å². The number of carbonyl (C=O) groups excluding carboxylic acids is 3. The number of nitrogens with one attached hydrogen (secondary N) is 1. The predicted octanol–water partition coefficient (Wildman–Crippen LogP) is 3.67. The van der Waals surface area contributed by atoms with E-state index in [-0.39, 0.29) is 30.4 Å². The Bertz CT molecular complexity index is 945. The van der Waals surface area contributed by atoms with Crippen LogP contribution in [0, 0.1) is 13.8 Å². The van der Waals surface area contributed by atoms with Gasteiger partial charge in [-0.25, -0.2) is 0 Å². The molecule has 1 aliphatic rings. The quantitative estimate of drug-likeness (QED) is 0.635. The Morgan fingerprint density at radius 1 is 1.03 bits per heavy atom. The summed E-state index contributed by atoms with van der Waals surface area (Å²) in [6.45, 7) is 8.80. The average Bonchev–Trinajstić information content (AvgIpc) is 3.10. The van der Waals surface area contributed by atoms with Crippen LogP contribution >= 0.6 is 11.3 Å². The van der Waals surface area contributed by atoms with Crippen LogP contribution in [-0.2, 0) is 16.0 Å². The molecule has 0 radical (unpaired) electrons. The van der Waals surface area contributed by atoms with Crippen LogP contribution in [0.2, 0.25) is 0 Å². The molecule has 166 valence electrons. The number of carbonyl (C=O) groups is 3. The van der Waals surface area contributed by atoms with Crippen LogP contribution in [0.25, 0.3) is 0 Å². The van der Waals surface area contributed by atoms with Crippen LogP contribution in [0.3, 0.4) is 0 Å². The van der Waals surface area contributed by atoms with E-state index in [0.717, 1.165) is 33.0 Å². The van der Waals surface area contributed by atoms with Gasteiger partial charge >= 0.3 is 0 Å². The molecule has 31 heavy (non-hydrogen) atoms. The Labute approximate surface area is 188 Å². The molecular formula is C24H31N3O3S. The minimum Gasteiger partial charge on any atom is -0.340 e. The van der Waals surface area contributed by atoms with E-state index in [1.54, 1.807) is 16.2 Å². The van der Waals surface area contributed by atoms with E-state index in [0.29, 0.717) is 32.7 Å². The summed E-state index contributed by atoms with van der Waals surface area (Å²) in [6, 6.07) is 9.75. The average molecular weight is 442 g/mol. The van der Waals surface area contributed by atoms with Gasteiger partial charge in [0, 0.05) is 60.0 Å². The molecule has 1 fully saturated rings. The van der Waals surface area contributed by atoms with Gasteiger partial charge in [0.15, 0.2) is 5.78 Å². The van der Waals surface area contributed by atoms with Crippen LogP contribution in [0.1, 0.15) is 45.4 Å². The molecule has 2 heterocycles. The summed E-state index contributed by atoms with van der Waals surface area (Å²) in [7, 11) is 0. The van der Waals surface area contributed by atoms with Crippen LogP contribution in [0.5, 0.6) is 0 Å². The maximum atomic E-state index is 12.5. The van der Waals surface area contributed by atoms with Gasteiger partial charge in [-0.15, -0.1) is 11.3 Å². The van der Waals surface area contributed by atoms with Gasteiger partial charge in [-0.3, -0.25) is 19.3 Å². The first-order valence-corrected chi connectivity index (χ1v) is 11.7. The second-order valence-electron chi connectivity index (χ2n) is 7.97. The van der Waals surface area contributed by atoms with Crippen LogP contribution in [0.15, 0.2) is 30.3 Å². The lowest BCUT2D eigenvalue weighted by atomic mass is 10.1. The van der Waals surface area contributed by atoms with Crippen molar-refractivity contribution in [1.82, 2.24) is 9.80 Å². The Hall–Kier alpha value is -2.51. The van der Waals surface area contributed by atoms with E-state index in [1.807, 2.05) is 44.2 Å². The number of hydrogen-bond donors (Lipinski definition) is 1. The van der Waals surface area contributed by atoms with Crippen molar-refractivity contribution < 1.29 is 14.4 Å². The number of amides is 2. The summed E-state index contributed by atoms with van der Waals surface area (Å²) < 4.78 is 0. The van der Waals surface area contributed by atoms with E-state index in [4.69, 9.17) is 0 Å². The number of para-hydroxylation sites is 1. The molecule has 2 aromatic rings. The monoisotopic (exact) mass is 441 g/mol. The molecule has 1 saturated heterocycles. The molecule has 6 nitrogen and oxygen atoms in total. The second kappa shape index (κ2) is 10.7. The molecule has 0 atom stereocenters. The summed E-state index contributed by atoms with van der Waals surface area (Å²) in [5.41, 5.74) is 2.73. The van der Waals surface area contributed by atoms with Crippen molar-refractivity contribution >= 4 is 34.6 Å². The van der Waals surface area contributed by atoms with Gasteiger partial charge < -0.3 is 10.2 Å². The van der Waals surface area contributed by atoms with Gasteiger partial charge in [0.1, 0.15) is 0 Å². The lowest BCUT2D eigenvalue weighted by molar-refractivity contribution is -0.133.